The first kappa shape index (κ1) is 36.9. The van der Waals surface area contributed by atoms with Crippen molar-refractivity contribution in [2.24, 2.45) is 0 Å². The number of esters is 3. The molecule has 1 aromatic carbocycles. The molecule has 1 aliphatic heterocycles. The van der Waals surface area contributed by atoms with Crippen LogP contribution in [0.15, 0.2) is 24.3 Å². The van der Waals surface area contributed by atoms with Crippen molar-refractivity contribution in [1.82, 2.24) is 19.6 Å². The minimum Gasteiger partial charge on any atom is -0.494 e. The van der Waals surface area contributed by atoms with Gasteiger partial charge in [-0.05, 0) is 31.0 Å². The van der Waals surface area contributed by atoms with Crippen LogP contribution in [0, 0.1) is 0 Å². The predicted molar refractivity (Wildman–Crippen MR) is 160 cm³/mol. The molecule has 44 heavy (non-hydrogen) atoms. The van der Waals surface area contributed by atoms with E-state index in [1.54, 1.807) is 0 Å². The number of carbonyl (C=O) groups excluding carboxylic acids is 3. The predicted octanol–water partition coefficient (Wildman–Crippen LogP) is -0.162. The van der Waals surface area contributed by atoms with Crippen molar-refractivity contribution < 1.29 is 48.0 Å². The van der Waals surface area contributed by atoms with Crippen molar-refractivity contribution in [3.05, 3.63) is 29.8 Å². The van der Waals surface area contributed by atoms with Gasteiger partial charge in [-0.2, -0.15) is 0 Å². The molecule has 1 aromatic rings. The number of methoxy groups -OCH3 is 3. The average molecular weight is 625 g/mol. The van der Waals surface area contributed by atoms with Crippen LogP contribution in [0.1, 0.15) is 12.5 Å². The second kappa shape index (κ2) is 20.6. The van der Waals surface area contributed by atoms with E-state index in [9.17, 15) is 24.3 Å². The van der Waals surface area contributed by atoms with E-state index >= 15 is 0 Å². The number of rotatable bonds is 15. The third-order valence-electron chi connectivity index (χ3n) is 7.38. The van der Waals surface area contributed by atoms with Crippen molar-refractivity contribution >= 4 is 23.9 Å². The van der Waals surface area contributed by atoms with Gasteiger partial charge in [0.2, 0.25) is 0 Å². The molecule has 2 rings (SSSR count). The Morgan fingerprint density at radius 2 is 1.16 bits per heavy atom. The summed E-state index contributed by atoms with van der Waals surface area (Å²) in [5.74, 6) is -1.47. The molecule has 0 bridgehead atoms. The summed E-state index contributed by atoms with van der Waals surface area (Å²) >= 11 is 0. The number of hydrogen-bond acceptors (Lipinski definition) is 13. The number of carboxylic acids is 1. The fourth-order valence-corrected chi connectivity index (χ4v) is 4.72. The Morgan fingerprint density at radius 1 is 0.727 bits per heavy atom. The van der Waals surface area contributed by atoms with E-state index in [0.29, 0.717) is 72.0 Å². The largest absolute Gasteiger partial charge is 0.494 e. The minimum absolute atomic E-state index is 0.0151. The number of benzene rings is 1. The molecule has 1 saturated heterocycles. The molecular formula is C30H48N4O10. The lowest BCUT2D eigenvalue weighted by atomic mass is 10.1. The first-order chi connectivity index (χ1) is 21.2. The highest BCUT2D eigenvalue weighted by Crippen LogP contribution is 2.13. The summed E-state index contributed by atoms with van der Waals surface area (Å²) in [4.78, 5) is 56.3. The minimum atomic E-state index is -1.03. The molecule has 0 aromatic heterocycles. The van der Waals surface area contributed by atoms with Crippen molar-refractivity contribution in [3.63, 3.8) is 0 Å². The van der Waals surface area contributed by atoms with Gasteiger partial charge in [-0.3, -0.25) is 38.8 Å². The Labute approximate surface area is 259 Å². The topological polar surface area (TPSA) is 148 Å². The van der Waals surface area contributed by atoms with Crippen LogP contribution in [0.25, 0.3) is 0 Å². The lowest BCUT2D eigenvalue weighted by Crippen LogP contribution is -2.53. The van der Waals surface area contributed by atoms with Gasteiger partial charge >= 0.3 is 23.9 Å². The van der Waals surface area contributed by atoms with E-state index in [2.05, 4.69) is 0 Å². The fraction of sp³-hybridized carbons (Fsp3) is 0.667. The Bertz CT molecular complexity index is 992. The van der Waals surface area contributed by atoms with Crippen molar-refractivity contribution in [2.45, 2.75) is 19.4 Å². The number of nitrogens with zero attached hydrogens (tertiary/aromatic N) is 4. The monoisotopic (exact) mass is 624 g/mol. The SMILES string of the molecule is CCOc1ccc(CCOCC(C(=O)O)N2CCN(CC(=O)OC)CCN(CC(=O)OC)CCN(CC(=O)OC)CC2)cc1. The van der Waals surface area contributed by atoms with Gasteiger partial charge in [0, 0.05) is 52.4 Å². The molecule has 1 heterocycles. The summed E-state index contributed by atoms with van der Waals surface area (Å²) in [6.07, 6.45) is 0.612. The summed E-state index contributed by atoms with van der Waals surface area (Å²) in [5.41, 5.74) is 1.05. The Balaban J connectivity index is 2.16. The summed E-state index contributed by atoms with van der Waals surface area (Å²) in [5, 5.41) is 10.2. The highest BCUT2D eigenvalue weighted by atomic mass is 16.5. The molecule has 1 atom stereocenters. The molecule has 248 valence electrons. The Hall–Kier alpha value is -3.30. The molecular weight excluding hydrogens is 576 g/mol. The van der Waals surface area contributed by atoms with Crippen LogP contribution < -0.4 is 4.74 Å². The zero-order valence-electron chi connectivity index (χ0n) is 26.4. The van der Waals surface area contributed by atoms with Crippen molar-refractivity contribution in [1.29, 1.82) is 0 Å². The molecule has 1 N–H and O–H groups in total. The third kappa shape index (κ3) is 14.0. The molecule has 1 unspecified atom stereocenters. The van der Waals surface area contributed by atoms with Crippen LogP contribution in [-0.2, 0) is 44.5 Å². The summed E-state index contributed by atoms with van der Waals surface area (Å²) in [7, 11) is 3.95. The molecule has 14 heteroatoms. The normalized spacial score (nSPS) is 17.1. The maximum Gasteiger partial charge on any atom is 0.323 e. The van der Waals surface area contributed by atoms with Gasteiger partial charge in [0.1, 0.15) is 11.8 Å². The van der Waals surface area contributed by atoms with Crippen LogP contribution in [0.2, 0.25) is 0 Å². The van der Waals surface area contributed by atoms with Gasteiger partial charge in [0.15, 0.2) is 0 Å². The second-order valence-corrected chi connectivity index (χ2v) is 10.3. The fourth-order valence-electron chi connectivity index (χ4n) is 4.72. The number of hydrogen-bond donors (Lipinski definition) is 1. The van der Waals surface area contributed by atoms with Gasteiger partial charge in [-0.25, -0.2) is 0 Å². The van der Waals surface area contributed by atoms with E-state index in [-0.39, 0.29) is 26.2 Å². The van der Waals surface area contributed by atoms with Gasteiger partial charge in [-0.1, -0.05) is 12.1 Å². The van der Waals surface area contributed by atoms with E-state index in [1.165, 1.54) is 21.3 Å². The smallest absolute Gasteiger partial charge is 0.323 e. The Morgan fingerprint density at radius 3 is 1.55 bits per heavy atom. The standard InChI is InChI=1S/C30H48N4O10/c1-5-44-25-8-6-24(7-9-25)10-19-43-23-26(30(38)39)34-17-15-32(21-28(36)41-3)13-11-31(20-27(35)40-2)12-14-33(16-18-34)22-29(37)42-4/h6-9,26H,5,10-23H2,1-4H3,(H,38,39). The van der Waals surface area contributed by atoms with Crippen LogP contribution in [-0.4, -0.2) is 168 Å². The zero-order valence-corrected chi connectivity index (χ0v) is 26.4. The van der Waals surface area contributed by atoms with Gasteiger partial charge in [0.05, 0.1) is 60.8 Å². The highest BCUT2D eigenvalue weighted by molar-refractivity contribution is 5.74. The van der Waals surface area contributed by atoms with Crippen LogP contribution in [0.4, 0.5) is 0 Å². The maximum absolute atomic E-state index is 12.5. The molecule has 1 aliphatic rings. The third-order valence-corrected chi connectivity index (χ3v) is 7.38. The number of aliphatic carboxylic acids is 1. The molecule has 1 fully saturated rings. The molecule has 14 nitrogen and oxygen atoms in total. The first-order valence-corrected chi connectivity index (χ1v) is 14.8. The van der Waals surface area contributed by atoms with Gasteiger partial charge in [-0.15, -0.1) is 0 Å². The summed E-state index contributed by atoms with van der Waals surface area (Å²) in [6.45, 7) is 6.00. The van der Waals surface area contributed by atoms with Crippen LogP contribution in [0.3, 0.4) is 0 Å². The van der Waals surface area contributed by atoms with Gasteiger partial charge in [0.25, 0.3) is 0 Å². The number of carboxylic acid groups (broad SMARTS) is 1. The van der Waals surface area contributed by atoms with E-state index in [0.717, 1.165) is 11.3 Å². The van der Waals surface area contributed by atoms with E-state index in [4.69, 9.17) is 23.7 Å². The molecule has 0 aliphatic carbocycles. The zero-order chi connectivity index (χ0) is 32.3. The van der Waals surface area contributed by atoms with Crippen molar-refractivity contribution in [3.8, 4) is 5.75 Å². The van der Waals surface area contributed by atoms with Crippen LogP contribution in [0.5, 0.6) is 5.75 Å². The summed E-state index contributed by atoms with van der Waals surface area (Å²) < 4.78 is 25.9. The van der Waals surface area contributed by atoms with E-state index in [1.807, 2.05) is 50.8 Å². The molecule has 0 amide bonds. The summed E-state index contributed by atoms with van der Waals surface area (Å²) in [6, 6.07) is 6.75. The molecule has 0 radical (unpaired) electrons. The second-order valence-electron chi connectivity index (χ2n) is 10.3. The number of ether oxygens (including phenoxy) is 5. The van der Waals surface area contributed by atoms with E-state index < -0.39 is 29.9 Å². The van der Waals surface area contributed by atoms with Gasteiger partial charge < -0.3 is 28.8 Å². The van der Waals surface area contributed by atoms with Crippen LogP contribution >= 0.6 is 0 Å². The maximum atomic E-state index is 12.5. The lowest BCUT2D eigenvalue weighted by molar-refractivity contribution is -0.147. The quantitative estimate of drug-likeness (QED) is 0.157. The average Bonchev–Trinajstić information content (AvgIpc) is 3.01. The highest BCUT2D eigenvalue weighted by Gasteiger charge is 2.28. The lowest BCUT2D eigenvalue weighted by Gasteiger charge is -2.35. The molecule has 0 saturated carbocycles. The molecule has 0 spiro atoms. The van der Waals surface area contributed by atoms with Crippen molar-refractivity contribution in [2.75, 3.05) is 113 Å². The first-order valence-electron chi connectivity index (χ1n) is 14.8. The number of carbonyl (C=O) groups is 4. The Kier molecular flexibility index (Phi) is 17.3.